The molecule has 0 spiro atoms. The van der Waals surface area contributed by atoms with Gasteiger partial charge < -0.3 is 4.90 Å². The fraction of sp³-hybridized carbons (Fsp3) is 0.111. The van der Waals surface area contributed by atoms with Crippen molar-refractivity contribution in [2.24, 2.45) is 0 Å². The molecule has 10 rings (SSSR count). The molecule has 0 fully saturated rings. The number of rotatable bonds is 7. The van der Waals surface area contributed by atoms with Crippen molar-refractivity contribution < 1.29 is 0 Å². The Hall–Kier alpha value is -6.84. The molecule has 7 aromatic carbocycles. The van der Waals surface area contributed by atoms with Gasteiger partial charge >= 0.3 is 0 Å². The van der Waals surface area contributed by atoms with Gasteiger partial charge in [-0.05, 0) is 82.3 Å². The first kappa shape index (κ1) is 34.6. The zero-order valence-corrected chi connectivity index (χ0v) is 32.5. The van der Waals surface area contributed by atoms with E-state index in [0.717, 1.165) is 45.5 Å². The largest absolute Gasteiger partial charge is 0.310 e. The molecular weight excluding hydrogens is 691 g/mol. The van der Waals surface area contributed by atoms with E-state index in [1.165, 1.54) is 44.6 Å². The van der Waals surface area contributed by atoms with Crippen molar-refractivity contribution in [1.82, 2.24) is 9.97 Å². The number of benzene rings is 7. The SMILES string of the molecule is CC1(c2ccccc2)C=CC(N(c2ccc(-c3nc(-c4ccc(-c5ccccc5)cc4)c4ccccc4n3)cc2)c2cccc3c2-c2ccccc2C3(C)C)=CC1. The summed E-state index contributed by atoms with van der Waals surface area (Å²) in [6.45, 7) is 7.03. The Bertz CT molecular complexity index is 2830. The van der Waals surface area contributed by atoms with Crippen molar-refractivity contribution in [3.8, 4) is 44.9 Å². The van der Waals surface area contributed by atoms with Crippen LogP contribution in [0.3, 0.4) is 0 Å². The molecule has 0 saturated heterocycles. The Morgan fingerprint density at radius 1 is 0.526 bits per heavy atom. The lowest BCUT2D eigenvalue weighted by molar-refractivity contribution is 0.595. The molecule has 2 aliphatic carbocycles. The summed E-state index contributed by atoms with van der Waals surface area (Å²) in [6, 6.07) is 62.9. The van der Waals surface area contributed by atoms with Crippen LogP contribution in [0.1, 0.15) is 43.9 Å². The molecule has 57 heavy (non-hydrogen) atoms. The predicted molar refractivity (Wildman–Crippen MR) is 238 cm³/mol. The van der Waals surface area contributed by atoms with Crippen molar-refractivity contribution in [2.45, 2.75) is 38.0 Å². The molecule has 274 valence electrons. The second-order valence-electron chi connectivity index (χ2n) is 16.1. The molecule has 1 aromatic heterocycles. The molecule has 1 unspecified atom stereocenters. The fourth-order valence-corrected chi connectivity index (χ4v) is 8.91. The first-order chi connectivity index (χ1) is 27.9. The Kier molecular flexibility index (Phi) is 8.34. The van der Waals surface area contributed by atoms with E-state index in [9.17, 15) is 0 Å². The summed E-state index contributed by atoms with van der Waals surface area (Å²) in [5, 5.41) is 1.04. The maximum atomic E-state index is 5.25. The maximum Gasteiger partial charge on any atom is 0.160 e. The molecular formula is C54H43N3. The molecule has 0 radical (unpaired) electrons. The average Bonchev–Trinajstić information content (AvgIpc) is 3.51. The van der Waals surface area contributed by atoms with Crippen molar-refractivity contribution in [2.75, 3.05) is 4.90 Å². The van der Waals surface area contributed by atoms with Crippen LogP contribution < -0.4 is 4.90 Å². The van der Waals surface area contributed by atoms with Gasteiger partial charge in [0.1, 0.15) is 0 Å². The highest BCUT2D eigenvalue weighted by atomic mass is 15.2. The van der Waals surface area contributed by atoms with Crippen LogP contribution in [0.15, 0.2) is 200 Å². The number of anilines is 2. The van der Waals surface area contributed by atoms with E-state index in [-0.39, 0.29) is 10.8 Å². The van der Waals surface area contributed by atoms with Gasteiger partial charge in [0.2, 0.25) is 0 Å². The van der Waals surface area contributed by atoms with E-state index in [1.54, 1.807) is 0 Å². The van der Waals surface area contributed by atoms with Gasteiger partial charge in [0.25, 0.3) is 0 Å². The van der Waals surface area contributed by atoms with E-state index in [0.29, 0.717) is 5.82 Å². The third kappa shape index (κ3) is 5.98. The standard InChI is InChI=1S/C54H43N3/c1-53(2)46-21-12-10-19-44(46)50-47(53)22-14-24-49(50)57(43-33-35-54(3,36-34-43)41-17-8-5-9-18-41)42-31-29-40(30-32-42)52-55-48-23-13-11-20-45(48)51(56-52)39-27-25-38(26-28-39)37-15-6-4-7-16-37/h4-35H,36H2,1-3H3. The summed E-state index contributed by atoms with van der Waals surface area (Å²) >= 11 is 0. The van der Waals surface area contributed by atoms with Gasteiger partial charge in [-0.1, -0.05) is 172 Å². The van der Waals surface area contributed by atoms with Crippen LogP contribution in [0.5, 0.6) is 0 Å². The highest BCUT2D eigenvalue weighted by molar-refractivity contribution is 5.95. The molecule has 1 atom stereocenters. The summed E-state index contributed by atoms with van der Waals surface area (Å²) in [4.78, 5) is 12.8. The topological polar surface area (TPSA) is 29.0 Å². The molecule has 0 bridgehead atoms. The maximum absolute atomic E-state index is 5.25. The number of allylic oxidation sites excluding steroid dienone is 3. The average molecular weight is 734 g/mol. The molecule has 2 aliphatic rings. The summed E-state index contributed by atoms with van der Waals surface area (Å²) < 4.78 is 0. The molecule has 3 heteroatoms. The van der Waals surface area contributed by atoms with Crippen LogP contribution in [0.4, 0.5) is 11.4 Å². The highest BCUT2D eigenvalue weighted by Gasteiger charge is 2.38. The zero-order valence-electron chi connectivity index (χ0n) is 32.5. The fourth-order valence-electron chi connectivity index (χ4n) is 8.91. The van der Waals surface area contributed by atoms with Gasteiger partial charge in [-0.25, -0.2) is 9.97 Å². The number of hydrogen-bond donors (Lipinski definition) is 0. The Labute approximate surface area is 335 Å². The van der Waals surface area contributed by atoms with Crippen molar-refractivity contribution in [3.05, 3.63) is 217 Å². The van der Waals surface area contributed by atoms with Gasteiger partial charge in [-0.15, -0.1) is 0 Å². The minimum absolute atomic E-state index is 0.0828. The number of nitrogens with zero attached hydrogens (tertiary/aromatic N) is 3. The van der Waals surface area contributed by atoms with E-state index in [4.69, 9.17) is 9.97 Å². The Morgan fingerprint density at radius 3 is 1.91 bits per heavy atom. The predicted octanol–water partition coefficient (Wildman–Crippen LogP) is 13.9. The first-order valence-electron chi connectivity index (χ1n) is 19.9. The molecule has 1 heterocycles. The smallest absolute Gasteiger partial charge is 0.160 e. The monoisotopic (exact) mass is 733 g/mol. The zero-order chi connectivity index (χ0) is 38.6. The summed E-state index contributed by atoms with van der Waals surface area (Å²) in [6.07, 6.45) is 8.01. The lowest BCUT2D eigenvalue weighted by Crippen LogP contribution is -2.24. The normalized spacial score (nSPS) is 16.5. The van der Waals surface area contributed by atoms with Crippen LogP contribution in [0.2, 0.25) is 0 Å². The third-order valence-electron chi connectivity index (χ3n) is 12.1. The number of aromatic nitrogens is 2. The Balaban J connectivity index is 1.07. The molecule has 0 saturated carbocycles. The van der Waals surface area contributed by atoms with Crippen LogP contribution in [-0.2, 0) is 10.8 Å². The molecule has 8 aromatic rings. The van der Waals surface area contributed by atoms with E-state index in [1.807, 2.05) is 6.07 Å². The number of para-hydroxylation sites is 1. The minimum Gasteiger partial charge on any atom is -0.310 e. The summed E-state index contributed by atoms with van der Waals surface area (Å²) in [5.74, 6) is 0.709. The highest BCUT2D eigenvalue weighted by Crippen LogP contribution is 2.54. The molecule has 0 N–H and O–H groups in total. The second kappa shape index (κ2) is 13.7. The van der Waals surface area contributed by atoms with E-state index < -0.39 is 0 Å². The number of hydrogen-bond acceptors (Lipinski definition) is 3. The first-order valence-corrected chi connectivity index (χ1v) is 19.9. The molecule has 0 aliphatic heterocycles. The van der Waals surface area contributed by atoms with Crippen LogP contribution in [-0.4, -0.2) is 9.97 Å². The van der Waals surface area contributed by atoms with Crippen molar-refractivity contribution in [1.29, 1.82) is 0 Å². The van der Waals surface area contributed by atoms with Gasteiger partial charge in [0, 0.05) is 44.3 Å². The molecule has 0 amide bonds. The van der Waals surface area contributed by atoms with Gasteiger partial charge in [0.05, 0.1) is 16.9 Å². The third-order valence-corrected chi connectivity index (χ3v) is 12.1. The lowest BCUT2D eigenvalue weighted by Gasteiger charge is -2.34. The van der Waals surface area contributed by atoms with Crippen LogP contribution in [0, 0.1) is 0 Å². The van der Waals surface area contributed by atoms with Crippen LogP contribution in [0.25, 0.3) is 55.8 Å². The van der Waals surface area contributed by atoms with Crippen LogP contribution >= 0.6 is 0 Å². The quantitative estimate of drug-likeness (QED) is 0.163. The Morgan fingerprint density at radius 2 is 1.16 bits per heavy atom. The second-order valence-corrected chi connectivity index (χ2v) is 16.1. The summed E-state index contributed by atoms with van der Waals surface area (Å²) in [7, 11) is 0. The minimum atomic E-state index is -0.104. The lowest BCUT2D eigenvalue weighted by atomic mass is 9.77. The van der Waals surface area contributed by atoms with Gasteiger partial charge in [0.15, 0.2) is 5.82 Å². The van der Waals surface area contributed by atoms with Gasteiger partial charge in [-0.2, -0.15) is 0 Å². The van der Waals surface area contributed by atoms with E-state index in [2.05, 4.69) is 214 Å². The number of fused-ring (bicyclic) bond motifs is 4. The van der Waals surface area contributed by atoms with Crippen molar-refractivity contribution in [3.63, 3.8) is 0 Å². The van der Waals surface area contributed by atoms with Gasteiger partial charge in [-0.3, -0.25) is 0 Å². The van der Waals surface area contributed by atoms with Crippen molar-refractivity contribution >= 4 is 22.3 Å². The van der Waals surface area contributed by atoms with E-state index >= 15 is 0 Å². The summed E-state index contributed by atoms with van der Waals surface area (Å²) in [5.41, 5.74) is 16.2. The molecule has 3 nitrogen and oxygen atoms in total.